The van der Waals surface area contributed by atoms with Crippen molar-refractivity contribution in [3.05, 3.63) is 36.4 Å². The Morgan fingerprint density at radius 1 is 0.559 bits per heavy atom. The Morgan fingerprint density at radius 2 is 0.971 bits per heavy atom. The van der Waals surface area contributed by atoms with Crippen molar-refractivity contribution >= 4 is 22.7 Å². The van der Waals surface area contributed by atoms with Crippen LogP contribution in [0.3, 0.4) is 0 Å². The third-order valence-electron chi connectivity index (χ3n) is 6.98. The van der Waals surface area contributed by atoms with Crippen molar-refractivity contribution < 1.29 is 0 Å². The maximum absolute atomic E-state index is 2.56. The minimum atomic E-state index is 0.421. The fourth-order valence-electron chi connectivity index (χ4n) is 5.33. The molecule has 0 N–H and O–H groups in total. The first-order chi connectivity index (χ1) is 16.3. The lowest BCUT2D eigenvalue weighted by Gasteiger charge is -2.37. The third kappa shape index (κ3) is 5.82. The molecule has 0 fully saturated rings. The van der Waals surface area contributed by atoms with Crippen LogP contribution in [-0.4, -0.2) is 51.4 Å². The second-order valence-electron chi connectivity index (χ2n) is 9.49. The summed E-state index contributed by atoms with van der Waals surface area (Å²) in [5.41, 5.74) is 8.03. The van der Waals surface area contributed by atoms with E-state index in [0.29, 0.717) is 12.1 Å². The van der Waals surface area contributed by atoms with Gasteiger partial charge in [-0.3, -0.25) is 0 Å². The summed E-state index contributed by atoms with van der Waals surface area (Å²) in [6.07, 6.45) is 0. The Morgan fingerprint density at radius 3 is 1.35 bits per heavy atom. The van der Waals surface area contributed by atoms with Crippen molar-refractivity contribution in [3.63, 3.8) is 0 Å². The van der Waals surface area contributed by atoms with Crippen LogP contribution in [0.1, 0.15) is 69.2 Å². The average Bonchev–Trinajstić information content (AvgIpc) is 2.81. The van der Waals surface area contributed by atoms with Gasteiger partial charge >= 0.3 is 0 Å². The Balaban J connectivity index is 3.02. The molecule has 0 saturated carbocycles. The van der Waals surface area contributed by atoms with E-state index in [1.807, 2.05) is 0 Å². The van der Waals surface area contributed by atoms with Crippen molar-refractivity contribution in [1.82, 2.24) is 0 Å². The van der Waals surface area contributed by atoms with Crippen molar-refractivity contribution in [2.45, 2.75) is 81.3 Å². The van der Waals surface area contributed by atoms with Crippen LogP contribution in [0.5, 0.6) is 0 Å². The van der Waals surface area contributed by atoms with Crippen LogP contribution in [0.2, 0.25) is 0 Å². The molecule has 0 amide bonds. The van der Waals surface area contributed by atoms with Gasteiger partial charge in [0.2, 0.25) is 0 Å². The predicted octanol–water partition coefficient (Wildman–Crippen LogP) is 7.52. The van der Waals surface area contributed by atoms with Gasteiger partial charge in [0.25, 0.3) is 0 Å². The minimum absolute atomic E-state index is 0.421. The van der Waals surface area contributed by atoms with Crippen molar-refractivity contribution in [2.75, 3.05) is 58.9 Å². The van der Waals surface area contributed by atoms with Gasteiger partial charge in [0.05, 0.1) is 0 Å². The van der Waals surface area contributed by atoms with E-state index in [0.717, 1.165) is 39.3 Å². The van der Waals surface area contributed by atoms with Crippen molar-refractivity contribution in [1.29, 1.82) is 0 Å². The van der Waals surface area contributed by atoms with Gasteiger partial charge in [0.1, 0.15) is 0 Å². The van der Waals surface area contributed by atoms with Gasteiger partial charge in [-0.1, -0.05) is 18.2 Å². The normalized spacial score (nSPS) is 11.3. The molecule has 2 aromatic rings. The first kappa shape index (κ1) is 27.9. The smallest absolute Gasteiger partial charge is 0.0488 e. The molecule has 0 unspecified atom stereocenters. The molecule has 0 saturated heterocycles. The van der Waals surface area contributed by atoms with Crippen LogP contribution >= 0.6 is 0 Å². The number of hydrogen-bond donors (Lipinski definition) is 0. The summed E-state index contributed by atoms with van der Waals surface area (Å²) < 4.78 is 0. The van der Waals surface area contributed by atoms with Crippen LogP contribution in [0.25, 0.3) is 11.1 Å². The fraction of sp³-hybridized carbons (Fsp3) is 0.600. The molecule has 0 radical (unpaired) electrons. The summed E-state index contributed by atoms with van der Waals surface area (Å²) in [7, 11) is 0. The molecule has 190 valence electrons. The number of benzene rings is 2. The Hall–Kier alpha value is -2.36. The zero-order chi connectivity index (χ0) is 25.4. The molecule has 0 bridgehead atoms. The van der Waals surface area contributed by atoms with E-state index in [-0.39, 0.29) is 0 Å². The highest BCUT2D eigenvalue weighted by molar-refractivity contribution is 5.97. The second kappa shape index (κ2) is 12.9. The molecule has 4 heteroatoms. The lowest BCUT2D eigenvalue weighted by atomic mass is 9.95. The Labute approximate surface area is 210 Å². The second-order valence-corrected chi connectivity index (χ2v) is 9.49. The van der Waals surface area contributed by atoms with Crippen LogP contribution in [-0.2, 0) is 0 Å². The van der Waals surface area contributed by atoms with Crippen molar-refractivity contribution in [2.24, 2.45) is 0 Å². The summed E-state index contributed by atoms with van der Waals surface area (Å²) in [6, 6.07) is 14.8. The standard InChI is InChI=1S/C30H50N4/c1-11-31(12-2)25-21-28(32(13-3)14-4)30(29(22-25)33(15-5)16-6)26-19-17-18-20-27(26)34(23(7)8)24(9)10/h17-24H,11-16H2,1-10H3. The summed E-state index contributed by atoms with van der Waals surface area (Å²) in [4.78, 5) is 10.1. The molecule has 0 aliphatic rings. The lowest BCUT2D eigenvalue weighted by molar-refractivity contribution is 0.608. The van der Waals surface area contributed by atoms with E-state index in [4.69, 9.17) is 0 Å². The first-order valence-corrected chi connectivity index (χ1v) is 13.6. The highest BCUT2D eigenvalue weighted by atomic mass is 15.2. The average molecular weight is 467 g/mol. The molecular formula is C30H50N4. The summed E-state index contributed by atoms with van der Waals surface area (Å²) in [5.74, 6) is 0. The van der Waals surface area contributed by atoms with E-state index in [2.05, 4.69) is 125 Å². The van der Waals surface area contributed by atoms with Gasteiger partial charge in [-0.15, -0.1) is 0 Å². The zero-order valence-electron chi connectivity index (χ0n) is 23.7. The molecule has 34 heavy (non-hydrogen) atoms. The molecule has 4 nitrogen and oxygen atoms in total. The zero-order valence-corrected chi connectivity index (χ0v) is 23.7. The minimum Gasteiger partial charge on any atom is -0.372 e. The van der Waals surface area contributed by atoms with Crippen LogP contribution in [0, 0.1) is 0 Å². The molecule has 0 spiro atoms. The first-order valence-electron chi connectivity index (χ1n) is 13.6. The molecule has 0 atom stereocenters. The molecule has 2 rings (SSSR count). The topological polar surface area (TPSA) is 13.0 Å². The van der Waals surface area contributed by atoms with Crippen LogP contribution in [0.15, 0.2) is 36.4 Å². The van der Waals surface area contributed by atoms with Gasteiger partial charge in [-0.2, -0.15) is 0 Å². The number of anilines is 4. The number of hydrogen-bond acceptors (Lipinski definition) is 4. The monoisotopic (exact) mass is 466 g/mol. The highest BCUT2D eigenvalue weighted by Gasteiger charge is 2.25. The van der Waals surface area contributed by atoms with Crippen LogP contribution in [0.4, 0.5) is 22.7 Å². The SMILES string of the molecule is CCN(CC)c1cc(N(CC)CC)c(-c2ccccc2N(C(C)C)C(C)C)c(N(CC)CC)c1. The maximum Gasteiger partial charge on any atom is 0.0488 e. The lowest BCUT2D eigenvalue weighted by Crippen LogP contribution is -2.37. The molecule has 0 aliphatic carbocycles. The van der Waals surface area contributed by atoms with Gasteiger partial charge in [-0.25, -0.2) is 0 Å². The Bertz CT molecular complexity index is 836. The van der Waals surface area contributed by atoms with Gasteiger partial charge in [-0.05, 0) is 87.4 Å². The summed E-state index contributed by atoms with van der Waals surface area (Å²) in [6.45, 7) is 28.8. The van der Waals surface area contributed by atoms with E-state index in [1.165, 1.54) is 33.9 Å². The number of rotatable bonds is 13. The predicted molar refractivity (Wildman–Crippen MR) is 155 cm³/mol. The maximum atomic E-state index is 2.56. The molecule has 0 aliphatic heterocycles. The summed E-state index contributed by atoms with van der Waals surface area (Å²) >= 11 is 0. The van der Waals surface area contributed by atoms with E-state index in [9.17, 15) is 0 Å². The summed E-state index contributed by atoms with van der Waals surface area (Å²) in [5, 5.41) is 0. The highest BCUT2D eigenvalue weighted by Crippen LogP contribution is 2.46. The largest absolute Gasteiger partial charge is 0.372 e. The van der Waals surface area contributed by atoms with Crippen LogP contribution < -0.4 is 19.6 Å². The Kier molecular flexibility index (Phi) is 10.6. The van der Waals surface area contributed by atoms with Gasteiger partial charge in [0, 0.05) is 85.2 Å². The van der Waals surface area contributed by atoms with Crippen molar-refractivity contribution in [3.8, 4) is 11.1 Å². The molecule has 2 aromatic carbocycles. The van der Waals surface area contributed by atoms with Gasteiger partial charge < -0.3 is 19.6 Å². The van der Waals surface area contributed by atoms with Gasteiger partial charge in [0.15, 0.2) is 0 Å². The fourth-order valence-corrected chi connectivity index (χ4v) is 5.33. The number of para-hydroxylation sites is 1. The van der Waals surface area contributed by atoms with E-state index < -0.39 is 0 Å². The quantitative estimate of drug-likeness (QED) is 0.303. The third-order valence-corrected chi connectivity index (χ3v) is 6.98. The molecular weight excluding hydrogens is 416 g/mol. The molecule has 0 aromatic heterocycles. The molecule has 0 heterocycles. The van der Waals surface area contributed by atoms with E-state index in [1.54, 1.807) is 0 Å². The van der Waals surface area contributed by atoms with E-state index >= 15 is 0 Å². The number of nitrogens with zero attached hydrogens (tertiary/aromatic N) is 4.